The number of benzene rings is 1. The van der Waals surface area contributed by atoms with E-state index in [4.69, 9.17) is 0 Å². The lowest BCUT2D eigenvalue weighted by atomic mass is 9.82. The number of fused-ring (bicyclic) bond motifs is 1. The predicted octanol–water partition coefficient (Wildman–Crippen LogP) is 5.32. The van der Waals surface area contributed by atoms with Crippen molar-refractivity contribution < 1.29 is 5.11 Å². The zero-order chi connectivity index (χ0) is 14.3. The SMILES string of the molecule is Cc1c(C(O)C2CCCC2C(C)C)sc2ccccc12. The number of hydrogen-bond donors (Lipinski definition) is 1. The molecule has 2 heteroatoms. The highest BCUT2D eigenvalue weighted by Crippen LogP contribution is 2.47. The van der Waals surface area contributed by atoms with E-state index in [0.29, 0.717) is 17.8 Å². The molecule has 1 aromatic carbocycles. The molecular formula is C18H24OS. The van der Waals surface area contributed by atoms with Crippen LogP contribution in [0.15, 0.2) is 24.3 Å². The van der Waals surface area contributed by atoms with Gasteiger partial charge in [0.25, 0.3) is 0 Å². The van der Waals surface area contributed by atoms with Crippen LogP contribution in [-0.2, 0) is 0 Å². The van der Waals surface area contributed by atoms with Gasteiger partial charge in [-0.3, -0.25) is 0 Å². The maximum Gasteiger partial charge on any atom is 0.0915 e. The Labute approximate surface area is 125 Å². The fourth-order valence-corrected chi connectivity index (χ4v) is 5.18. The monoisotopic (exact) mass is 288 g/mol. The highest BCUT2D eigenvalue weighted by atomic mass is 32.1. The van der Waals surface area contributed by atoms with E-state index in [9.17, 15) is 5.11 Å². The lowest BCUT2D eigenvalue weighted by Gasteiger charge is -2.27. The molecule has 1 N–H and O–H groups in total. The van der Waals surface area contributed by atoms with Crippen LogP contribution >= 0.6 is 11.3 Å². The second-order valence-corrected chi connectivity index (χ2v) is 7.62. The Bertz CT molecular complexity index is 598. The van der Waals surface area contributed by atoms with E-state index in [1.165, 1.54) is 39.8 Å². The maximum atomic E-state index is 10.9. The summed E-state index contributed by atoms with van der Waals surface area (Å²) in [4.78, 5) is 1.20. The molecule has 3 atom stereocenters. The molecule has 1 aliphatic rings. The second kappa shape index (κ2) is 5.50. The molecule has 1 aromatic heterocycles. The van der Waals surface area contributed by atoms with Crippen LogP contribution in [0.4, 0.5) is 0 Å². The Kier molecular flexibility index (Phi) is 3.87. The molecule has 1 heterocycles. The molecular weight excluding hydrogens is 264 g/mol. The number of aliphatic hydroxyl groups excluding tert-OH is 1. The molecule has 0 saturated heterocycles. The van der Waals surface area contributed by atoms with Crippen LogP contribution in [0, 0.1) is 24.7 Å². The van der Waals surface area contributed by atoms with Crippen molar-refractivity contribution in [1.29, 1.82) is 0 Å². The number of hydrogen-bond acceptors (Lipinski definition) is 2. The zero-order valence-corrected chi connectivity index (χ0v) is 13.4. The third-order valence-corrected chi connectivity index (χ3v) is 6.38. The minimum atomic E-state index is -0.276. The van der Waals surface area contributed by atoms with Crippen molar-refractivity contribution in [3.8, 4) is 0 Å². The largest absolute Gasteiger partial charge is 0.387 e. The minimum absolute atomic E-state index is 0.276. The first-order chi connectivity index (χ1) is 9.59. The quantitative estimate of drug-likeness (QED) is 0.811. The van der Waals surface area contributed by atoms with Crippen LogP contribution in [-0.4, -0.2) is 5.11 Å². The van der Waals surface area contributed by atoms with Crippen molar-refractivity contribution in [3.05, 3.63) is 34.7 Å². The van der Waals surface area contributed by atoms with Crippen LogP contribution in [0.5, 0.6) is 0 Å². The van der Waals surface area contributed by atoms with Gasteiger partial charge in [0, 0.05) is 9.58 Å². The van der Waals surface area contributed by atoms with Crippen LogP contribution in [0.1, 0.15) is 49.7 Å². The van der Waals surface area contributed by atoms with E-state index in [0.717, 1.165) is 0 Å². The summed E-state index contributed by atoms with van der Waals surface area (Å²) in [6, 6.07) is 8.51. The normalized spacial score (nSPS) is 24.6. The molecule has 0 bridgehead atoms. The van der Waals surface area contributed by atoms with Gasteiger partial charge in [-0.2, -0.15) is 0 Å². The molecule has 0 aliphatic heterocycles. The van der Waals surface area contributed by atoms with Crippen molar-refractivity contribution in [2.75, 3.05) is 0 Å². The van der Waals surface area contributed by atoms with Gasteiger partial charge in [0.05, 0.1) is 6.10 Å². The minimum Gasteiger partial charge on any atom is -0.387 e. The molecule has 3 unspecified atom stereocenters. The Morgan fingerprint density at radius 3 is 2.55 bits per heavy atom. The first-order valence-corrected chi connectivity index (χ1v) is 8.57. The van der Waals surface area contributed by atoms with Crippen molar-refractivity contribution in [2.45, 2.75) is 46.1 Å². The first kappa shape index (κ1) is 14.1. The molecule has 0 radical (unpaired) electrons. The highest BCUT2D eigenvalue weighted by molar-refractivity contribution is 7.19. The van der Waals surface area contributed by atoms with E-state index in [1.54, 1.807) is 11.3 Å². The third-order valence-electron chi connectivity index (χ3n) is 5.04. The Morgan fingerprint density at radius 1 is 1.15 bits per heavy atom. The van der Waals surface area contributed by atoms with Gasteiger partial charge in [0.1, 0.15) is 0 Å². The van der Waals surface area contributed by atoms with Gasteiger partial charge in [0.15, 0.2) is 0 Å². The zero-order valence-electron chi connectivity index (χ0n) is 12.6. The summed E-state index contributed by atoms with van der Waals surface area (Å²) in [5.41, 5.74) is 1.28. The summed E-state index contributed by atoms with van der Waals surface area (Å²) in [5, 5.41) is 12.2. The van der Waals surface area contributed by atoms with Gasteiger partial charge in [-0.15, -0.1) is 11.3 Å². The topological polar surface area (TPSA) is 20.2 Å². The van der Waals surface area contributed by atoms with E-state index >= 15 is 0 Å². The summed E-state index contributed by atoms with van der Waals surface area (Å²) in [5.74, 6) is 1.79. The fourth-order valence-electron chi connectivity index (χ4n) is 3.91. The van der Waals surface area contributed by atoms with E-state index in [2.05, 4.69) is 45.0 Å². The number of aliphatic hydroxyl groups is 1. The average Bonchev–Trinajstić information content (AvgIpc) is 3.04. The predicted molar refractivity (Wildman–Crippen MR) is 87.2 cm³/mol. The van der Waals surface area contributed by atoms with Gasteiger partial charge >= 0.3 is 0 Å². The van der Waals surface area contributed by atoms with Crippen molar-refractivity contribution in [1.82, 2.24) is 0 Å². The molecule has 3 rings (SSSR count). The number of rotatable bonds is 3. The summed E-state index contributed by atoms with van der Waals surface area (Å²) >= 11 is 1.78. The lowest BCUT2D eigenvalue weighted by molar-refractivity contribution is 0.0742. The van der Waals surface area contributed by atoms with Crippen LogP contribution in [0.2, 0.25) is 0 Å². The number of aryl methyl sites for hydroxylation is 1. The highest BCUT2D eigenvalue weighted by Gasteiger charge is 2.36. The third kappa shape index (κ3) is 2.29. The lowest BCUT2D eigenvalue weighted by Crippen LogP contribution is -2.21. The van der Waals surface area contributed by atoms with E-state index in [1.807, 2.05) is 0 Å². The molecule has 0 spiro atoms. The van der Waals surface area contributed by atoms with E-state index < -0.39 is 0 Å². The Hall–Kier alpha value is -0.860. The molecule has 108 valence electrons. The molecule has 1 fully saturated rings. The smallest absolute Gasteiger partial charge is 0.0915 e. The molecule has 1 aliphatic carbocycles. The van der Waals surface area contributed by atoms with E-state index in [-0.39, 0.29) is 6.10 Å². The molecule has 1 nitrogen and oxygen atoms in total. The van der Waals surface area contributed by atoms with Gasteiger partial charge in [-0.25, -0.2) is 0 Å². The molecule has 20 heavy (non-hydrogen) atoms. The fraction of sp³-hybridized carbons (Fsp3) is 0.556. The van der Waals surface area contributed by atoms with Gasteiger partial charge < -0.3 is 5.11 Å². The van der Waals surface area contributed by atoms with Crippen molar-refractivity contribution in [2.24, 2.45) is 17.8 Å². The standard InChI is InChI=1S/C18H24OS/c1-11(2)13-8-6-9-15(13)17(19)18-12(3)14-7-4-5-10-16(14)20-18/h4-5,7,10-11,13,15,17,19H,6,8-9H2,1-3H3. The molecule has 0 amide bonds. The van der Waals surface area contributed by atoms with Gasteiger partial charge in [-0.05, 0) is 54.5 Å². The van der Waals surface area contributed by atoms with Crippen LogP contribution in [0.3, 0.4) is 0 Å². The summed E-state index contributed by atoms with van der Waals surface area (Å²) < 4.78 is 1.30. The molecule has 1 saturated carbocycles. The Balaban J connectivity index is 1.96. The summed E-state index contributed by atoms with van der Waals surface area (Å²) in [7, 11) is 0. The van der Waals surface area contributed by atoms with Gasteiger partial charge in [0.2, 0.25) is 0 Å². The van der Waals surface area contributed by atoms with Crippen molar-refractivity contribution in [3.63, 3.8) is 0 Å². The second-order valence-electron chi connectivity index (χ2n) is 6.53. The molecule has 2 aromatic rings. The Morgan fingerprint density at radius 2 is 1.85 bits per heavy atom. The van der Waals surface area contributed by atoms with Gasteiger partial charge in [-0.1, -0.05) is 38.5 Å². The van der Waals surface area contributed by atoms with Crippen molar-refractivity contribution >= 4 is 21.4 Å². The first-order valence-electron chi connectivity index (χ1n) is 7.75. The van der Waals surface area contributed by atoms with Crippen LogP contribution in [0.25, 0.3) is 10.1 Å². The maximum absolute atomic E-state index is 10.9. The number of thiophene rings is 1. The summed E-state index contributed by atoms with van der Waals surface area (Å²) in [6.07, 6.45) is 3.46. The summed E-state index contributed by atoms with van der Waals surface area (Å²) in [6.45, 7) is 6.76. The average molecular weight is 288 g/mol. The van der Waals surface area contributed by atoms with Crippen LogP contribution < -0.4 is 0 Å².